The van der Waals surface area contributed by atoms with Gasteiger partial charge >= 0.3 is 0 Å². The quantitative estimate of drug-likeness (QED) is 0.785. The molecule has 98 valence electrons. The Hall–Kier alpha value is -1.86. The molecular formula is C14H19NO3. The summed E-state index contributed by atoms with van der Waals surface area (Å²) >= 11 is 0. The van der Waals surface area contributed by atoms with Crippen LogP contribution in [0.3, 0.4) is 0 Å². The Kier molecular flexibility index (Phi) is 5.34. The summed E-state index contributed by atoms with van der Waals surface area (Å²) in [5, 5.41) is 0. The van der Waals surface area contributed by atoms with E-state index in [1.807, 2.05) is 6.07 Å². The van der Waals surface area contributed by atoms with Gasteiger partial charge in [-0.2, -0.15) is 0 Å². The highest BCUT2D eigenvalue weighted by atomic mass is 16.5. The maximum atomic E-state index is 6.10. The number of hydrogen-bond donors (Lipinski definition) is 1. The zero-order valence-corrected chi connectivity index (χ0v) is 11.0. The predicted molar refractivity (Wildman–Crippen MR) is 71.1 cm³/mol. The minimum Gasteiger partial charge on any atom is -0.496 e. The van der Waals surface area contributed by atoms with Crippen molar-refractivity contribution in [1.29, 1.82) is 0 Å². The molecule has 1 aromatic carbocycles. The van der Waals surface area contributed by atoms with Crippen LogP contribution >= 0.6 is 0 Å². The van der Waals surface area contributed by atoms with Gasteiger partial charge in [0, 0.05) is 24.1 Å². The molecule has 0 heterocycles. The summed E-state index contributed by atoms with van der Waals surface area (Å²) in [5.74, 6) is 4.50. The van der Waals surface area contributed by atoms with Gasteiger partial charge in [-0.3, -0.25) is 0 Å². The molecule has 1 aromatic rings. The molecule has 0 fully saturated rings. The summed E-state index contributed by atoms with van der Waals surface area (Å²) < 4.78 is 15.8. The lowest BCUT2D eigenvalue weighted by Crippen LogP contribution is -2.12. The number of methoxy groups -OCH3 is 3. The van der Waals surface area contributed by atoms with Crippen LogP contribution < -0.4 is 19.9 Å². The maximum Gasteiger partial charge on any atom is 0.164 e. The molecule has 1 unspecified atom stereocenters. The molecule has 0 aliphatic carbocycles. The van der Waals surface area contributed by atoms with Gasteiger partial charge in [0.2, 0.25) is 0 Å². The summed E-state index contributed by atoms with van der Waals surface area (Å²) in [6.45, 7) is 0. The van der Waals surface area contributed by atoms with Crippen molar-refractivity contribution in [2.75, 3.05) is 21.3 Å². The first kappa shape index (κ1) is 14.2. The Morgan fingerprint density at radius 1 is 1.11 bits per heavy atom. The average Bonchev–Trinajstić information content (AvgIpc) is 2.42. The van der Waals surface area contributed by atoms with Gasteiger partial charge in [0.15, 0.2) is 11.5 Å². The number of nitrogens with two attached hydrogens (primary N) is 1. The molecule has 18 heavy (non-hydrogen) atoms. The van der Waals surface area contributed by atoms with Crippen molar-refractivity contribution in [3.8, 4) is 29.6 Å². The first-order valence-corrected chi connectivity index (χ1v) is 5.66. The molecule has 0 radical (unpaired) electrons. The van der Waals surface area contributed by atoms with Gasteiger partial charge in [-0.05, 0) is 12.5 Å². The van der Waals surface area contributed by atoms with Crippen LogP contribution in [-0.2, 0) is 0 Å². The summed E-state index contributed by atoms with van der Waals surface area (Å²) in [6.07, 6.45) is 6.57. The van der Waals surface area contributed by atoms with E-state index in [1.54, 1.807) is 27.4 Å². The Bertz CT molecular complexity index is 437. The molecule has 0 aromatic heterocycles. The Morgan fingerprint density at radius 3 is 2.17 bits per heavy atom. The van der Waals surface area contributed by atoms with E-state index >= 15 is 0 Å². The number of rotatable bonds is 6. The molecule has 0 amide bonds. The molecule has 0 spiro atoms. The zero-order valence-electron chi connectivity index (χ0n) is 11.0. The Morgan fingerprint density at radius 2 is 1.67 bits per heavy atom. The summed E-state index contributed by atoms with van der Waals surface area (Å²) in [5.41, 5.74) is 6.97. The molecule has 2 N–H and O–H groups in total. The zero-order chi connectivity index (χ0) is 13.5. The Labute approximate surface area is 108 Å². The van der Waals surface area contributed by atoms with Gasteiger partial charge in [-0.25, -0.2) is 0 Å². The van der Waals surface area contributed by atoms with Crippen LogP contribution in [0.1, 0.15) is 24.4 Å². The second-order valence-corrected chi connectivity index (χ2v) is 3.80. The van der Waals surface area contributed by atoms with Crippen molar-refractivity contribution < 1.29 is 14.2 Å². The van der Waals surface area contributed by atoms with E-state index in [4.69, 9.17) is 26.4 Å². The summed E-state index contributed by atoms with van der Waals surface area (Å²) in [7, 11) is 4.76. The number of terminal acetylenes is 1. The number of ether oxygens (including phenoxy) is 3. The molecular weight excluding hydrogens is 230 g/mol. The number of hydrogen-bond acceptors (Lipinski definition) is 4. The van der Waals surface area contributed by atoms with Crippen molar-refractivity contribution >= 4 is 0 Å². The Balaban J connectivity index is 3.13. The van der Waals surface area contributed by atoms with E-state index in [0.29, 0.717) is 30.1 Å². The highest BCUT2D eigenvalue weighted by molar-refractivity contribution is 5.51. The van der Waals surface area contributed by atoms with Crippen LogP contribution in [0.15, 0.2) is 12.1 Å². The van der Waals surface area contributed by atoms with Crippen LogP contribution in [0.4, 0.5) is 0 Å². The minimum absolute atomic E-state index is 0.184. The van der Waals surface area contributed by atoms with Crippen molar-refractivity contribution in [3.63, 3.8) is 0 Å². The SMILES string of the molecule is C#CCCC(N)c1cc(OC)c(OC)cc1OC. The topological polar surface area (TPSA) is 53.7 Å². The van der Waals surface area contributed by atoms with E-state index in [0.717, 1.165) is 5.56 Å². The van der Waals surface area contributed by atoms with Crippen molar-refractivity contribution in [2.45, 2.75) is 18.9 Å². The second kappa shape index (κ2) is 6.77. The normalized spacial score (nSPS) is 11.5. The molecule has 1 atom stereocenters. The largest absolute Gasteiger partial charge is 0.496 e. The lowest BCUT2D eigenvalue weighted by atomic mass is 10.0. The molecule has 0 saturated carbocycles. The van der Waals surface area contributed by atoms with Crippen molar-refractivity contribution in [3.05, 3.63) is 17.7 Å². The van der Waals surface area contributed by atoms with Gasteiger partial charge < -0.3 is 19.9 Å². The van der Waals surface area contributed by atoms with Crippen LogP contribution in [0.25, 0.3) is 0 Å². The van der Waals surface area contributed by atoms with E-state index in [9.17, 15) is 0 Å². The van der Waals surface area contributed by atoms with Gasteiger partial charge in [-0.1, -0.05) is 0 Å². The summed E-state index contributed by atoms with van der Waals surface area (Å²) in [6, 6.07) is 3.42. The standard InChI is InChI=1S/C14H19NO3/c1-5-6-7-11(15)10-8-13(17-3)14(18-4)9-12(10)16-2/h1,8-9,11H,6-7,15H2,2-4H3. The van der Waals surface area contributed by atoms with Crippen LogP contribution in [0.5, 0.6) is 17.2 Å². The molecule has 0 bridgehead atoms. The van der Waals surface area contributed by atoms with Gasteiger partial charge in [-0.15, -0.1) is 12.3 Å². The molecule has 4 heteroatoms. The maximum absolute atomic E-state index is 6.10. The predicted octanol–water partition coefficient (Wildman–Crippen LogP) is 2.13. The first-order chi connectivity index (χ1) is 8.67. The van der Waals surface area contributed by atoms with Gasteiger partial charge in [0.05, 0.1) is 21.3 Å². The fourth-order valence-corrected chi connectivity index (χ4v) is 1.74. The lowest BCUT2D eigenvalue weighted by molar-refractivity contribution is 0.346. The van der Waals surface area contributed by atoms with Crippen LogP contribution in [-0.4, -0.2) is 21.3 Å². The smallest absolute Gasteiger partial charge is 0.164 e. The highest BCUT2D eigenvalue weighted by Crippen LogP contribution is 2.37. The van der Waals surface area contributed by atoms with Gasteiger partial charge in [0.25, 0.3) is 0 Å². The summed E-state index contributed by atoms with van der Waals surface area (Å²) in [4.78, 5) is 0. The van der Waals surface area contributed by atoms with E-state index in [1.165, 1.54) is 0 Å². The number of benzene rings is 1. The average molecular weight is 249 g/mol. The second-order valence-electron chi connectivity index (χ2n) is 3.80. The first-order valence-electron chi connectivity index (χ1n) is 5.66. The van der Waals surface area contributed by atoms with E-state index < -0.39 is 0 Å². The highest BCUT2D eigenvalue weighted by Gasteiger charge is 2.16. The molecule has 0 aliphatic rings. The lowest BCUT2D eigenvalue weighted by Gasteiger charge is -2.18. The van der Waals surface area contributed by atoms with Crippen molar-refractivity contribution in [2.24, 2.45) is 5.73 Å². The molecule has 4 nitrogen and oxygen atoms in total. The van der Waals surface area contributed by atoms with E-state index in [-0.39, 0.29) is 6.04 Å². The third-order valence-electron chi connectivity index (χ3n) is 2.74. The monoisotopic (exact) mass is 249 g/mol. The van der Waals surface area contributed by atoms with Crippen LogP contribution in [0, 0.1) is 12.3 Å². The van der Waals surface area contributed by atoms with E-state index in [2.05, 4.69) is 5.92 Å². The molecule has 1 rings (SSSR count). The fourth-order valence-electron chi connectivity index (χ4n) is 1.74. The van der Waals surface area contributed by atoms with Crippen LogP contribution in [0.2, 0.25) is 0 Å². The van der Waals surface area contributed by atoms with Gasteiger partial charge in [0.1, 0.15) is 5.75 Å². The fraction of sp³-hybridized carbons (Fsp3) is 0.429. The molecule has 0 saturated heterocycles. The molecule has 0 aliphatic heterocycles. The third kappa shape index (κ3) is 3.08. The third-order valence-corrected chi connectivity index (χ3v) is 2.74. The minimum atomic E-state index is -0.184. The van der Waals surface area contributed by atoms with Crippen molar-refractivity contribution in [1.82, 2.24) is 0 Å².